The molecule has 2 aromatic carbocycles. The molecule has 0 saturated carbocycles. The van der Waals surface area contributed by atoms with Crippen LogP contribution in [0.15, 0.2) is 48.5 Å². The zero-order valence-electron chi connectivity index (χ0n) is 10.4. The first-order valence-electron chi connectivity index (χ1n) is 5.93. The normalized spacial score (nSPS) is 10.2. The molecule has 0 aliphatic heterocycles. The van der Waals surface area contributed by atoms with Crippen molar-refractivity contribution in [2.24, 2.45) is 5.73 Å². The number of aromatic hydroxyl groups is 1. The average Bonchev–Trinajstić information content (AvgIpc) is 2.45. The Morgan fingerprint density at radius 3 is 2.53 bits per heavy atom. The number of rotatable bonds is 5. The van der Waals surface area contributed by atoms with Crippen molar-refractivity contribution in [2.75, 3.05) is 6.54 Å². The Labute approximate surface area is 111 Å². The van der Waals surface area contributed by atoms with Crippen LogP contribution in [0.4, 0.5) is 0 Å². The van der Waals surface area contributed by atoms with E-state index >= 15 is 0 Å². The first kappa shape index (κ1) is 13.1. The number of carbonyl (C=O) groups is 1. The van der Waals surface area contributed by atoms with E-state index in [0.717, 1.165) is 5.56 Å². The quantitative estimate of drug-likeness (QED) is 0.805. The summed E-state index contributed by atoms with van der Waals surface area (Å²) in [4.78, 5) is 11.4. The van der Waals surface area contributed by atoms with Gasteiger partial charge in [-0.1, -0.05) is 30.3 Å². The van der Waals surface area contributed by atoms with Gasteiger partial charge in [-0.05, 0) is 17.7 Å². The van der Waals surface area contributed by atoms with Crippen molar-refractivity contribution in [2.45, 2.75) is 6.61 Å². The predicted octanol–water partition coefficient (Wildman–Crippen LogP) is 2.11. The third-order valence-electron chi connectivity index (χ3n) is 2.70. The van der Waals surface area contributed by atoms with Gasteiger partial charge in [0.2, 0.25) is 0 Å². The van der Waals surface area contributed by atoms with E-state index in [2.05, 4.69) is 0 Å². The van der Waals surface area contributed by atoms with Crippen molar-refractivity contribution in [1.29, 1.82) is 0 Å². The number of ketones is 1. The number of Topliss-reactive ketones (excluding diaryl/α,β-unsaturated/α-hetero) is 1. The van der Waals surface area contributed by atoms with Gasteiger partial charge < -0.3 is 15.6 Å². The topological polar surface area (TPSA) is 72.6 Å². The average molecular weight is 257 g/mol. The molecule has 0 radical (unpaired) electrons. The highest BCUT2D eigenvalue weighted by Crippen LogP contribution is 2.24. The summed E-state index contributed by atoms with van der Waals surface area (Å²) in [6.45, 7) is 0.280. The Hall–Kier alpha value is -2.33. The molecule has 0 aliphatic carbocycles. The highest BCUT2D eigenvalue weighted by atomic mass is 16.5. The smallest absolute Gasteiger partial charge is 0.180 e. The molecule has 2 aromatic rings. The zero-order valence-corrected chi connectivity index (χ0v) is 10.4. The van der Waals surface area contributed by atoms with Crippen LogP contribution in [0.5, 0.6) is 11.5 Å². The Morgan fingerprint density at radius 1 is 1.16 bits per heavy atom. The van der Waals surface area contributed by atoms with Crippen LogP contribution in [-0.4, -0.2) is 17.4 Å². The monoisotopic (exact) mass is 257 g/mol. The molecule has 0 bridgehead atoms. The second-order valence-corrected chi connectivity index (χ2v) is 4.08. The second kappa shape index (κ2) is 6.02. The van der Waals surface area contributed by atoms with E-state index < -0.39 is 0 Å². The lowest BCUT2D eigenvalue weighted by molar-refractivity contribution is 0.0999. The molecule has 19 heavy (non-hydrogen) atoms. The molecule has 0 saturated heterocycles. The Balaban J connectivity index is 2.06. The number of benzene rings is 2. The van der Waals surface area contributed by atoms with Crippen LogP contribution in [0.1, 0.15) is 15.9 Å². The Morgan fingerprint density at radius 2 is 1.89 bits per heavy atom. The number of carbonyl (C=O) groups excluding carboxylic acids is 1. The lowest BCUT2D eigenvalue weighted by atomic mass is 10.1. The van der Waals surface area contributed by atoms with Gasteiger partial charge in [-0.3, -0.25) is 4.79 Å². The number of phenolic OH excluding ortho intramolecular Hbond substituents is 1. The minimum Gasteiger partial charge on any atom is -0.507 e. The lowest BCUT2D eigenvalue weighted by Gasteiger charge is -2.08. The summed E-state index contributed by atoms with van der Waals surface area (Å²) in [5.41, 5.74) is 6.50. The summed E-state index contributed by atoms with van der Waals surface area (Å²) >= 11 is 0. The van der Waals surface area contributed by atoms with Gasteiger partial charge in [-0.2, -0.15) is 0 Å². The third kappa shape index (κ3) is 3.33. The maximum Gasteiger partial charge on any atom is 0.180 e. The molecule has 0 spiro atoms. The molecule has 98 valence electrons. The van der Waals surface area contributed by atoms with E-state index in [4.69, 9.17) is 10.5 Å². The van der Waals surface area contributed by atoms with E-state index in [0.29, 0.717) is 12.4 Å². The molecular formula is C15H15NO3. The van der Waals surface area contributed by atoms with Crippen LogP contribution < -0.4 is 10.5 Å². The summed E-state index contributed by atoms with van der Waals surface area (Å²) in [5, 5.41) is 9.73. The van der Waals surface area contributed by atoms with Gasteiger partial charge in [0.15, 0.2) is 5.78 Å². The number of hydrogen-bond acceptors (Lipinski definition) is 4. The van der Waals surface area contributed by atoms with Crippen molar-refractivity contribution in [3.63, 3.8) is 0 Å². The molecule has 0 aliphatic rings. The van der Waals surface area contributed by atoms with Gasteiger partial charge in [0.25, 0.3) is 0 Å². The van der Waals surface area contributed by atoms with Gasteiger partial charge >= 0.3 is 0 Å². The van der Waals surface area contributed by atoms with Crippen LogP contribution in [0.3, 0.4) is 0 Å². The van der Waals surface area contributed by atoms with Gasteiger partial charge in [0.1, 0.15) is 18.1 Å². The summed E-state index contributed by atoms with van der Waals surface area (Å²) in [7, 11) is 0. The largest absolute Gasteiger partial charge is 0.507 e. The number of hydrogen-bond donors (Lipinski definition) is 2. The lowest BCUT2D eigenvalue weighted by Crippen LogP contribution is -2.13. The molecule has 4 heteroatoms. The molecule has 0 fully saturated rings. The van der Waals surface area contributed by atoms with Crippen LogP contribution in [-0.2, 0) is 6.61 Å². The predicted molar refractivity (Wildman–Crippen MR) is 72.3 cm³/mol. The Bertz CT molecular complexity index is 567. The summed E-state index contributed by atoms with van der Waals surface area (Å²) in [6.07, 6.45) is 0. The van der Waals surface area contributed by atoms with E-state index in [9.17, 15) is 9.90 Å². The summed E-state index contributed by atoms with van der Waals surface area (Å²) < 4.78 is 5.54. The first-order valence-corrected chi connectivity index (χ1v) is 5.93. The van der Waals surface area contributed by atoms with Crippen LogP contribution in [0.2, 0.25) is 0 Å². The minimum absolute atomic E-state index is 0.110. The van der Waals surface area contributed by atoms with Gasteiger partial charge in [-0.15, -0.1) is 0 Å². The minimum atomic E-state index is -0.299. The fourth-order valence-corrected chi connectivity index (χ4v) is 1.69. The standard InChI is InChI=1S/C15H15NO3/c16-9-15(18)13-7-6-12(8-14(13)17)19-10-11-4-2-1-3-5-11/h1-8,17H,9-10,16H2. The molecule has 2 rings (SSSR count). The van der Waals surface area contributed by atoms with Gasteiger partial charge in [-0.25, -0.2) is 0 Å². The SMILES string of the molecule is NCC(=O)c1ccc(OCc2ccccc2)cc1O. The van der Waals surface area contributed by atoms with Gasteiger partial charge in [0, 0.05) is 6.07 Å². The molecule has 0 unspecified atom stereocenters. The van der Waals surface area contributed by atoms with Crippen molar-refractivity contribution in [1.82, 2.24) is 0 Å². The van der Waals surface area contributed by atoms with Crippen LogP contribution in [0, 0.1) is 0 Å². The number of phenols is 1. The highest BCUT2D eigenvalue weighted by Gasteiger charge is 2.10. The molecule has 4 nitrogen and oxygen atoms in total. The molecule has 0 heterocycles. The van der Waals surface area contributed by atoms with E-state index in [1.807, 2.05) is 30.3 Å². The van der Waals surface area contributed by atoms with Gasteiger partial charge in [0.05, 0.1) is 12.1 Å². The molecule has 0 atom stereocenters. The van der Waals surface area contributed by atoms with Crippen molar-refractivity contribution in [3.05, 3.63) is 59.7 Å². The van der Waals surface area contributed by atoms with Crippen molar-refractivity contribution in [3.8, 4) is 11.5 Å². The van der Waals surface area contributed by atoms with E-state index in [-0.39, 0.29) is 23.6 Å². The molecule has 3 N–H and O–H groups in total. The maximum atomic E-state index is 11.4. The van der Waals surface area contributed by atoms with E-state index in [1.54, 1.807) is 6.07 Å². The molecule has 0 amide bonds. The molecule has 0 aromatic heterocycles. The zero-order chi connectivity index (χ0) is 13.7. The highest BCUT2D eigenvalue weighted by molar-refractivity contribution is 6.00. The van der Waals surface area contributed by atoms with E-state index in [1.165, 1.54) is 12.1 Å². The van der Waals surface area contributed by atoms with Crippen molar-refractivity contribution >= 4 is 5.78 Å². The maximum absolute atomic E-state index is 11.4. The Kier molecular flexibility index (Phi) is 4.15. The third-order valence-corrected chi connectivity index (χ3v) is 2.70. The van der Waals surface area contributed by atoms with Crippen molar-refractivity contribution < 1.29 is 14.6 Å². The summed E-state index contributed by atoms with van der Waals surface area (Å²) in [6, 6.07) is 14.3. The number of nitrogens with two attached hydrogens (primary N) is 1. The fourth-order valence-electron chi connectivity index (χ4n) is 1.69. The summed E-state index contributed by atoms with van der Waals surface area (Å²) in [5.74, 6) is 0.100. The first-order chi connectivity index (χ1) is 9.20. The number of ether oxygens (including phenoxy) is 1. The van der Waals surface area contributed by atoms with Crippen LogP contribution >= 0.6 is 0 Å². The fraction of sp³-hybridized carbons (Fsp3) is 0.133. The van der Waals surface area contributed by atoms with Crippen LogP contribution in [0.25, 0.3) is 0 Å². The second-order valence-electron chi connectivity index (χ2n) is 4.08. The molecular weight excluding hydrogens is 242 g/mol.